The summed E-state index contributed by atoms with van der Waals surface area (Å²) in [6.07, 6.45) is 0. The van der Waals surface area contributed by atoms with E-state index in [0.29, 0.717) is 0 Å². The molecule has 0 aliphatic heterocycles. The van der Waals surface area contributed by atoms with Gasteiger partial charge in [0.15, 0.2) is 0 Å². The van der Waals surface area contributed by atoms with Crippen LogP contribution < -0.4 is 0 Å². The van der Waals surface area contributed by atoms with Gasteiger partial charge in [0.1, 0.15) is 0 Å². The van der Waals surface area contributed by atoms with Crippen molar-refractivity contribution in [2.24, 2.45) is 0 Å². The highest BCUT2D eigenvalue weighted by Crippen LogP contribution is 2.56. The fraction of sp³-hybridized carbons (Fsp3) is 0.0612. The van der Waals surface area contributed by atoms with E-state index in [1.165, 1.54) is 98.7 Å². The Morgan fingerprint density at radius 3 is 1.55 bits per heavy atom. The van der Waals surface area contributed by atoms with Crippen LogP contribution in [0.4, 0.5) is 0 Å². The van der Waals surface area contributed by atoms with Gasteiger partial charge in [0.25, 0.3) is 0 Å². The van der Waals surface area contributed by atoms with Gasteiger partial charge in [0.2, 0.25) is 0 Å². The molecular weight excluding hydrogens is 589 g/mol. The van der Waals surface area contributed by atoms with E-state index in [1.807, 2.05) is 0 Å². The van der Waals surface area contributed by atoms with Crippen LogP contribution in [0.3, 0.4) is 0 Å². The monoisotopic (exact) mass is 622 g/mol. The highest BCUT2D eigenvalue weighted by molar-refractivity contribution is 6.22. The fourth-order valence-electron chi connectivity index (χ4n) is 8.81. The smallest absolute Gasteiger partial charge is 0.0165 e. The van der Waals surface area contributed by atoms with Gasteiger partial charge in [-0.3, -0.25) is 0 Å². The van der Waals surface area contributed by atoms with Crippen molar-refractivity contribution in [3.8, 4) is 44.5 Å². The largest absolute Gasteiger partial charge is 0.0616 e. The molecule has 0 unspecified atom stereocenters. The number of benzene rings is 9. The molecule has 9 aromatic rings. The first-order valence-electron chi connectivity index (χ1n) is 17.3. The third-order valence-electron chi connectivity index (χ3n) is 11.0. The Kier molecular flexibility index (Phi) is 6.02. The number of hydrogen-bond acceptors (Lipinski definition) is 0. The van der Waals surface area contributed by atoms with Crippen molar-refractivity contribution in [3.05, 3.63) is 181 Å². The predicted molar refractivity (Wildman–Crippen MR) is 210 cm³/mol. The van der Waals surface area contributed by atoms with Crippen molar-refractivity contribution in [2.75, 3.05) is 0 Å². The summed E-state index contributed by atoms with van der Waals surface area (Å²) < 4.78 is 0. The SMILES string of the molecule is CC1(C)c2ccc3ccccc3c2-c2cccc(-c3c4ccccc4c(-c4cccc(-c5ccc6ccccc6c5)c4)c4ccccc34)c21. The molecule has 0 heteroatoms. The Bertz CT molecular complexity index is 2740. The van der Waals surface area contributed by atoms with E-state index in [2.05, 4.69) is 184 Å². The zero-order chi connectivity index (χ0) is 32.7. The van der Waals surface area contributed by atoms with Crippen molar-refractivity contribution >= 4 is 43.1 Å². The molecule has 0 atom stereocenters. The molecule has 0 radical (unpaired) electrons. The van der Waals surface area contributed by atoms with Crippen molar-refractivity contribution in [1.82, 2.24) is 0 Å². The summed E-state index contributed by atoms with van der Waals surface area (Å²) in [5, 5.41) is 10.3. The molecule has 0 nitrogen and oxygen atoms in total. The summed E-state index contributed by atoms with van der Waals surface area (Å²) in [7, 11) is 0. The Morgan fingerprint density at radius 1 is 0.327 bits per heavy atom. The average molecular weight is 623 g/mol. The van der Waals surface area contributed by atoms with Crippen LogP contribution in [0.15, 0.2) is 170 Å². The molecule has 0 N–H and O–H groups in total. The minimum absolute atomic E-state index is 0.152. The topological polar surface area (TPSA) is 0 Å². The van der Waals surface area contributed by atoms with Gasteiger partial charge in [-0.1, -0.05) is 172 Å². The zero-order valence-corrected chi connectivity index (χ0v) is 27.7. The normalized spacial score (nSPS) is 13.3. The van der Waals surface area contributed by atoms with Gasteiger partial charge in [0.05, 0.1) is 0 Å². The Labute approximate surface area is 286 Å². The molecule has 0 heterocycles. The fourth-order valence-corrected chi connectivity index (χ4v) is 8.81. The Balaban J connectivity index is 1.24. The summed E-state index contributed by atoms with van der Waals surface area (Å²) in [4.78, 5) is 0. The lowest BCUT2D eigenvalue weighted by Gasteiger charge is -2.26. The van der Waals surface area contributed by atoms with E-state index in [1.54, 1.807) is 0 Å². The second kappa shape index (κ2) is 10.5. The molecule has 0 bridgehead atoms. The van der Waals surface area contributed by atoms with E-state index in [4.69, 9.17) is 0 Å². The van der Waals surface area contributed by atoms with Gasteiger partial charge >= 0.3 is 0 Å². The minimum atomic E-state index is -0.152. The molecule has 0 fully saturated rings. The predicted octanol–water partition coefficient (Wildman–Crippen LogP) is 13.6. The van der Waals surface area contributed by atoms with Crippen LogP contribution in [-0.2, 0) is 5.41 Å². The van der Waals surface area contributed by atoms with Crippen molar-refractivity contribution in [1.29, 1.82) is 0 Å². The molecule has 1 aliphatic carbocycles. The van der Waals surface area contributed by atoms with E-state index >= 15 is 0 Å². The molecule has 1 aliphatic rings. The Morgan fingerprint density at radius 2 is 0.837 bits per heavy atom. The van der Waals surface area contributed by atoms with Crippen LogP contribution in [0.1, 0.15) is 25.0 Å². The first-order valence-corrected chi connectivity index (χ1v) is 17.3. The first kappa shape index (κ1) is 28.1. The molecule has 0 saturated carbocycles. The summed E-state index contributed by atoms with van der Waals surface area (Å²) >= 11 is 0. The van der Waals surface area contributed by atoms with E-state index in [-0.39, 0.29) is 5.41 Å². The minimum Gasteiger partial charge on any atom is -0.0616 e. The number of hydrogen-bond donors (Lipinski definition) is 0. The lowest BCUT2D eigenvalue weighted by atomic mass is 9.76. The highest BCUT2D eigenvalue weighted by Gasteiger charge is 2.39. The zero-order valence-electron chi connectivity index (χ0n) is 27.7. The first-order chi connectivity index (χ1) is 24.1. The van der Waals surface area contributed by atoms with Gasteiger partial charge in [-0.15, -0.1) is 0 Å². The molecule has 0 saturated heterocycles. The van der Waals surface area contributed by atoms with Crippen LogP contribution in [0, 0.1) is 0 Å². The van der Waals surface area contributed by atoms with Crippen LogP contribution in [0.5, 0.6) is 0 Å². The van der Waals surface area contributed by atoms with Gasteiger partial charge in [-0.25, -0.2) is 0 Å². The standard InChI is InChI=1S/C49H34/c1-49(2)44-28-27-32-14-5-6-18-37(32)47(44)43-24-12-23-42(48(43)49)46-40-21-9-7-19-38(40)45(39-20-8-10-22-41(39)46)36-17-11-16-34(30-36)35-26-25-31-13-3-4-15-33(31)29-35/h3-30H,1-2H3. The number of rotatable bonds is 3. The van der Waals surface area contributed by atoms with Crippen LogP contribution in [0.2, 0.25) is 0 Å². The van der Waals surface area contributed by atoms with Gasteiger partial charge < -0.3 is 0 Å². The second-order valence-corrected chi connectivity index (χ2v) is 14.0. The lowest BCUT2D eigenvalue weighted by molar-refractivity contribution is 0.663. The second-order valence-electron chi connectivity index (χ2n) is 14.0. The molecule has 0 spiro atoms. The molecule has 0 aromatic heterocycles. The maximum absolute atomic E-state index is 2.41. The van der Waals surface area contributed by atoms with Gasteiger partial charge in [-0.05, 0) is 111 Å². The molecule has 10 rings (SSSR count). The van der Waals surface area contributed by atoms with Crippen molar-refractivity contribution in [3.63, 3.8) is 0 Å². The number of fused-ring (bicyclic) bond motifs is 8. The summed E-state index contributed by atoms with van der Waals surface area (Å²) in [6, 6.07) is 63.1. The van der Waals surface area contributed by atoms with Crippen LogP contribution in [-0.4, -0.2) is 0 Å². The van der Waals surface area contributed by atoms with E-state index in [0.717, 1.165) is 0 Å². The maximum Gasteiger partial charge on any atom is 0.0165 e. The highest BCUT2D eigenvalue weighted by atomic mass is 14.4. The van der Waals surface area contributed by atoms with Gasteiger partial charge in [-0.2, -0.15) is 0 Å². The molecule has 230 valence electrons. The maximum atomic E-state index is 2.41. The van der Waals surface area contributed by atoms with Crippen molar-refractivity contribution in [2.45, 2.75) is 19.3 Å². The summed E-state index contributed by atoms with van der Waals surface area (Å²) in [6.45, 7) is 4.82. The van der Waals surface area contributed by atoms with Crippen LogP contribution in [0.25, 0.3) is 87.6 Å². The van der Waals surface area contributed by atoms with Crippen molar-refractivity contribution < 1.29 is 0 Å². The van der Waals surface area contributed by atoms with Gasteiger partial charge in [0, 0.05) is 5.41 Å². The molecule has 49 heavy (non-hydrogen) atoms. The van der Waals surface area contributed by atoms with E-state index < -0.39 is 0 Å². The Hall–Kier alpha value is -5.98. The summed E-state index contributed by atoms with van der Waals surface area (Å²) in [5.41, 5.74) is 13.1. The summed E-state index contributed by atoms with van der Waals surface area (Å²) in [5.74, 6) is 0. The molecular formula is C49H34. The third kappa shape index (κ3) is 4.11. The van der Waals surface area contributed by atoms with Crippen LogP contribution >= 0.6 is 0 Å². The third-order valence-corrected chi connectivity index (χ3v) is 11.0. The van der Waals surface area contributed by atoms with E-state index in [9.17, 15) is 0 Å². The molecule has 9 aromatic carbocycles. The molecule has 0 amide bonds. The lowest BCUT2D eigenvalue weighted by Crippen LogP contribution is -2.16. The quantitative estimate of drug-likeness (QED) is 0.172. The average Bonchev–Trinajstić information content (AvgIpc) is 3.40.